The summed E-state index contributed by atoms with van der Waals surface area (Å²) in [6, 6.07) is 10.2. The van der Waals surface area contributed by atoms with Gasteiger partial charge in [0.2, 0.25) is 5.91 Å². The van der Waals surface area contributed by atoms with Crippen LogP contribution in [0.5, 0.6) is 0 Å². The number of carbonyl (C=O) groups is 2. The average molecular weight is 317 g/mol. The summed E-state index contributed by atoms with van der Waals surface area (Å²) < 4.78 is 0. The molecule has 1 unspecified atom stereocenters. The first kappa shape index (κ1) is 17.3. The monoisotopic (exact) mass is 317 g/mol. The highest BCUT2D eigenvalue weighted by Gasteiger charge is 2.32. The number of amides is 3. The van der Waals surface area contributed by atoms with Crippen molar-refractivity contribution in [2.75, 3.05) is 19.6 Å². The fourth-order valence-electron chi connectivity index (χ4n) is 3.07. The maximum absolute atomic E-state index is 12.6. The third-order valence-electron chi connectivity index (χ3n) is 4.69. The van der Waals surface area contributed by atoms with Crippen LogP contribution in [0.3, 0.4) is 0 Å². The van der Waals surface area contributed by atoms with E-state index < -0.39 is 0 Å². The van der Waals surface area contributed by atoms with Crippen LogP contribution in [0.2, 0.25) is 0 Å². The number of urea groups is 1. The fourth-order valence-corrected chi connectivity index (χ4v) is 3.07. The minimum Gasteiger partial charge on any atom is -0.354 e. The SMILES string of the molecule is CCC(NC(=O)N1CCNC(=O)CC1)C(C)(C)c1ccccc1. The molecule has 1 atom stereocenters. The molecule has 1 fully saturated rings. The normalized spacial score (nSPS) is 17.2. The molecule has 0 aliphatic carbocycles. The minimum atomic E-state index is -0.161. The summed E-state index contributed by atoms with van der Waals surface area (Å²) in [7, 11) is 0. The molecule has 126 valence electrons. The van der Waals surface area contributed by atoms with Crippen molar-refractivity contribution in [3.05, 3.63) is 35.9 Å². The Kier molecular flexibility index (Phi) is 5.64. The first-order chi connectivity index (χ1) is 10.9. The number of carbonyl (C=O) groups excluding carboxylic acids is 2. The van der Waals surface area contributed by atoms with Crippen molar-refractivity contribution in [3.8, 4) is 0 Å². The van der Waals surface area contributed by atoms with Crippen LogP contribution >= 0.6 is 0 Å². The lowest BCUT2D eigenvalue weighted by molar-refractivity contribution is -0.120. The molecule has 1 aliphatic heterocycles. The molecule has 0 radical (unpaired) electrons. The van der Waals surface area contributed by atoms with E-state index in [0.29, 0.717) is 26.1 Å². The predicted molar refractivity (Wildman–Crippen MR) is 91.3 cm³/mol. The van der Waals surface area contributed by atoms with E-state index in [1.807, 2.05) is 18.2 Å². The third kappa shape index (κ3) is 4.24. The van der Waals surface area contributed by atoms with E-state index in [9.17, 15) is 9.59 Å². The summed E-state index contributed by atoms with van der Waals surface area (Å²) in [5, 5.41) is 5.96. The molecule has 1 heterocycles. The molecule has 0 spiro atoms. The predicted octanol–water partition coefficient (Wildman–Crippen LogP) is 2.27. The largest absolute Gasteiger partial charge is 0.354 e. The number of nitrogens with one attached hydrogen (secondary N) is 2. The quantitative estimate of drug-likeness (QED) is 0.895. The van der Waals surface area contributed by atoms with Crippen molar-refractivity contribution in [1.82, 2.24) is 15.5 Å². The Hall–Kier alpha value is -2.04. The molecule has 5 nitrogen and oxygen atoms in total. The van der Waals surface area contributed by atoms with E-state index in [2.05, 4.69) is 43.5 Å². The molecule has 3 amide bonds. The Balaban J connectivity index is 2.06. The summed E-state index contributed by atoms with van der Waals surface area (Å²) in [4.78, 5) is 25.7. The van der Waals surface area contributed by atoms with Crippen molar-refractivity contribution in [2.45, 2.75) is 45.1 Å². The van der Waals surface area contributed by atoms with Gasteiger partial charge >= 0.3 is 6.03 Å². The maximum atomic E-state index is 12.6. The van der Waals surface area contributed by atoms with E-state index in [1.165, 1.54) is 5.56 Å². The highest BCUT2D eigenvalue weighted by atomic mass is 16.2. The zero-order valence-corrected chi connectivity index (χ0v) is 14.3. The van der Waals surface area contributed by atoms with Crippen LogP contribution in [0.25, 0.3) is 0 Å². The Labute approximate surface area is 138 Å². The van der Waals surface area contributed by atoms with Gasteiger partial charge in [-0.1, -0.05) is 51.1 Å². The van der Waals surface area contributed by atoms with Crippen LogP contribution in [-0.4, -0.2) is 42.5 Å². The van der Waals surface area contributed by atoms with E-state index in [-0.39, 0.29) is 23.4 Å². The summed E-state index contributed by atoms with van der Waals surface area (Å²) in [5.74, 6) is 0.0111. The number of hydrogen-bond acceptors (Lipinski definition) is 2. The first-order valence-corrected chi connectivity index (χ1v) is 8.32. The molecule has 0 bridgehead atoms. The Morgan fingerprint density at radius 2 is 2.00 bits per heavy atom. The van der Waals surface area contributed by atoms with E-state index >= 15 is 0 Å². The number of benzene rings is 1. The zero-order valence-electron chi connectivity index (χ0n) is 14.3. The molecule has 1 saturated heterocycles. The second-order valence-electron chi connectivity index (χ2n) is 6.59. The van der Waals surface area contributed by atoms with Gasteiger partial charge in [-0.15, -0.1) is 0 Å². The summed E-state index contributed by atoms with van der Waals surface area (Å²) in [6.45, 7) is 7.95. The van der Waals surface area contributed by atoms with Gasteiger partial charge in [-0.25, -0.2) is 4.79 Å². The number of rotatable bonds is 4. The zero-order chi connectivity index (χ0) is 16.9. The highest BCUT2D eigenvalue weighted by Crippen LogP contribution is 2.28. The molecule has 5 heteroatoms. The van der Waals surface area contributed by atoms with Crippen LogP contribution in [0.4, 0.5) is 4.79 Å². The lowest BCUT2D eigenvalue weighted by Gasteiger charge is -2.36. The van der Waals surface area contributed by atoms with Gasteiger partial charge in [-0.05, 0) is 12.0 Å². The minimum absolute atomic E-state index is 0.0111. The van der Waals surface area contributed by atoms with Crippen LogP contribution < -0.4 is 10.6 Å². The molecular formula is C18H27N3O2. The van der Waals surface area contributed by atoms with Crippen molar-refractivity contribution in [1.29, 1.82) is 0 Å². The molecule has 23 heavy (non-hydrogen) atoms. The average Bonchev–Trinajstić information content (AvgIpc) is 2.77. The van der Waals surface area contributed by atoms with Crippen molar-refractivity contribution >= 4 is 11.9 Å². The third-order valence-corrected chi connectivity index (χ3v) is 4.69. The summed E-state index contributed by atoms with van der Waals surface area (Å²) in [6.07, 6.45) is 1.21. The van der Waals surface area contributed by atoms with Crippen LogP contribution in [-0.2, 0) is 10.2 Å². The van der Waals surface area contributed by atoms with Crippen molar-refractivity contribution < 1.29 is 9.59 Å². The van der Waals surface area contributed by atoms with Gasteiger partial charge in [-0.3, -0.25) is 4.79 Å². The fraction of sp³-hybridized carbons (Fsp3) is 0.556. The van der Waals surface area contributed by atoms with E-state index in [4.69, 9.17) is 0 Å². The molecule has 2 N–H and O–H groups in total. The van der Waals surface area contributed by atoms with Gasteiger partial charge in [0.1, 0.15) is 0 Å². The number of nitrogens with zero attached hydrogens (tertiary/aromatic N) is 1. The topological polar surface area (TPSA) is 61.4 Å². The molecular weight excluding hydrogens is 290 g/mol. The van der Waals surface area contributed by atoms with Gasteiger partial charge in [-0.2, -0.15) is 0 Å². The summed E-state index contributed by atoms with van der Waals surface area (Å²) in [5.41, 5.74) is 1.05. The number of hydrogen-bond donors (Lipinski definition) is 2. The Morgan fingerprint density at radius 3 is 2.65 bits per heavy atom. The molecule has 1 aromatic rings. The second-order valence-corrected chi connectivity index (χ2v) is 6.59. The highest BCUT2D eigenvalue weighted by molar-refractivity contribution is 5.79. The van der Waals surface area contributed by atoms with Gasteiger partial charge < -0.3 is 15.5 Å². The second kappa shape index (κ2) is 7.49. The Bertz CT molecular complexity index is 542. The van der Waals surface area contributed by atoms with Gasteiger partial charge in [0.15, 0.2) is 0 Å². The molecule has 1 aromatic carbocycles. The van der Waals surface area contributed by atoms with E-state index in [1.54, 1.807) is 4.90 Å². The van der Waals surface area contributed by atoms with Crippen LogP contribution in [0.15, 0.2) is 30.3 Å². The summed E-state index contributed by atoms with van der Waals surface area (Å²) >= 11 is 0. The smallest absolute Gasteiger partial charge is 0.317 e. The maximum Gasteiger partial charge on any atom is 0.317 e. The van der Waals surface area contributed by atoms with Gasteiger partial charge in [0, 0.05) is 37.5 Å². The van der Waals surface area contributed by atoms with Crippen LogP contribution in [0.1, 0.15) is 39.2 Å². The molecule has 2 rings (SSSR count). The molecule has 0 saturated carbocycles. The molecule has 0 aromatic heterocycles. The lowest BCUT2D eigenvalue weighted by atomic mass is 9.76. The standard InChI is InChI=1S/C18H27N3O2/c1-4-15(18(2,3)14-8-6-5-7-9-14)20-17(23)21-12-10-16(22)19-11-13-21/h5-9,15H,4,10-13H2,1-3H3,(H,19,22)(H,20,23). The van der Waals surface area contributed by atoms with E-state index in [0.717, 1.165) is 6.42 Å². The van der Waals surface area contributed by atoms with Gasteiger partial charge in [0.05, 0.1) is 0 Å². The lowest BCUT2D eigenvalue weighted by Crippen LogP contribution is -2.52. The Morgan fingerprint density at radius 1 is 1.30 bits per heavy atom. The first-order valence-electron chi connectivity index (χ1n) is 8.32. The van der Waals surface area contributed by atoms with Gasteiger partial charge in [0.25, 0.3) is 0 Å². The molecule has 1 aliphatic rings. The van der Waals surface area contributed by atoms with Crippen LogP contribution in [0, 0.1) is 0 Å². The van der Waals surface area contributed by atoms with Crippen molar-refractivity contribution in [2.24, 2.45) is 0 Å². The van der Waals surface area contributed by atoms with Crippen molar-refractivity contribution in [3.63, 3.8) is 0 Å².